The molecule has 1 amide bonds. The first-order valence-corrected chi connectivity index (χ1v) is 13.1. The van der Waals surface area contributed by atoms with Gasteiger partial charge in [-0.15, -0.1) is 0 Å². The average molecular weight is 567 g/mol. The molecule has 3 aliphatic rings. The van der Waals surface area contributed by atoms with E-state index in [1.165, 1.54) is 6.92 Å². The molecule has 12 heteroatoms. The number of rotatable bonds is 6. The van der Waals surface area contributed by atoms with Crippen LogP contribution in [0.15, 0.2) is 30.3 Å². The monoisotopic (exact) mass is 565 g/mol. The molecule has 0 radical (unpaired) electrons. The Kier molecular flexibility index (Phi) is 9.60. The number of halogens is 3. The van der Waals surface area contributed by atoms with Gasteiger partial charge in [-0.05, 0) is 12.8 Å². The van der Waals surface area contributed by atoms with Crippen LogP contribution in [0, 0.1) is 0 Å². The second-order valence-corrected chi connectivity index (χ2v) is 11.6. The molecule has 2 saturated heterocycles. The van der Waals surface area contributed by atoms with Crippen LogP contribution in [-0.2, 0) is 33.2 Å². The van der Waals surface area contributed by atoms with Crippen molar-refractivity contribution in [3.05, 3.63) is 35.9 Å². The number of benzene rings is 1. The summed E-state index contributed by atoms with van der Waals surface area (Å²) in [6.45, 7) is 0.987. The molecule has 36 heavy (non-hydrogen) atoms. The summed E-state index contributed by atoms with van der Waals surface area (Å²) < 4.78 is 33.6. The summed E-state index contributed by atoms with van der Waals surface area (Å²) in [5.41, 5.74) is 0.796. The van der Waals surface area contributed by atoms with Crippen LogP contribution >= 0.6 is 34.8 Å². The number of carbonyl (C=O) groups is 2. The molecule has 2 heterocycles. The lowest BCUT2D eigenvalue weighted by Gasteiger charge is -2.49. The Morgan fingerprint density at radius 2 is 1.81 bits per heavy atom. The number of alkyl carbamates (subject to hydrolysis) is 1. The van der Waals surface area contributed by atoms with E-state index in [4.69, 9.17) is 63.2 Å². The molecule has 9 nitrogen and oxygen atoms in total. The lowest BCUT2D eigenvalue weighted by molar-refractivity contribution is -0.350. The van der Waals surface area contributed by atoms with Crippen molar-refractivity contribution in [3.63, 3.8) is 0 Å². The third kappa shape index (κ3) is 7.60. The number of fused-ring (bicyclic) bond motifs is 1. The Balaban J connectivity index is 1.56. The minimum Gasteiger partial charge on any atom is -0.457 e. The first-order chi connectivity index (χ1) is 17.2. The average Bonchev–Trinajstić information content (AvgIpc) is 2.85. The molecule has 1 aliphatic carbocycles. The maximum absolute atomic E-state index is 12.6. The van der Waals surface area contributed by atoms with Crippen molar-refractivity contribution in [1.82, 2.24) is 5.32 Å². The van der Waals surface area contributed by atoms with Crippen molar-refractivity contribution in [2.45, 2.75) is 85.9 Å². The summed E-state index contributed by atoms with van der Waals surface area (Å²) >= 11 is 17.1. The highest BCUT2D eigenvalue weighted by Gasteiger charge is 2.53. The second-order valence-electron chi connectivity index (χ2n) is 9.05. The van der Waals surface area contributed by atoms with Crippen LogP contribution in [0.5, 0.6) is 0 Å². The predicted octanol–water partition coefficient (Wildman–Crippen LogP) is 4.57. The Morgan fingerprint density at radius 1 is 1.08 bits per heavy atom. The number of ether oxygens (including phenoxy) is 6. The van der Waals surface area contributed by atoms with Gasteiger partial charge in [0.15, 0.2) is 18.7 Å². The molecule has 0 bridgehead atoms. The van der Waals surface area contributed by atoms with Crippen LogP contribution in [0.25, 0.3) is 0 Å². The van der Waals surface area contributed by atoms with Crippen LogP contribution < -0.4 is 5.32 Å². The third-order valence-electron chi connectivity index (χ3n) is 6.24. The summed E-state index contributed by atoms with van der Waals surface area (Å²) in [6, 6.07) is 8.41. The number of nitrogens with one attached hydrogen (secondary N) is 1. The minimum absolute atomic E-state index is 0.0673. The zero-order valence-corrected chi connectivity index (χ0v) is 22.0. The van der Waals surface area contributed by atoms with E-state index in [-0.39, 0.29) is 12.7 Å². The van der Waals surface area contributed by atoms with E-state index >= 15 is 0 Å². The Labute approximate surface area is 224 Å². The van der Waals surface area contributed by atoms with Gasteiger partial charge >= 0.3 is 12.1 Å². The molecule has 0 spiro atoms. The van der Waals surface area contributed by atoms with Gasteiger partial charge in [0, 0.05) is 12.5 Å². The van der Waals surface area contributed by atoms with Crippen molar-refractivity contribution in [1.29, 1.82) is 0 Å². The quantitative estimate of drug-likeness (QED) is 0.395. The maximum atomic E-state index is 12.6. The molecule has 6 atom stereocenters. The first-order valence-electron chi connectivity index (χ1n) is 12.0. The summed E-state index contributed by atoms with van der Waals surface area (Å²) in [4.78, 5) is 24.8. The Hall–Kier alpha value is -1.33. The van der Waals surface area contributed by atoms with E-state index in [0.717, 1.165) is 37.7 Å². The zero-order chi connectivity index (χ0) is 25.7. The molecule has 1 aromatic rings. The van der Waals surface area contributed by atoms with Gasteiger partial charge in [-0.3, -0.25) is 4.79 Å². The zero-order valence-electron chi connectivity index (χ0n) is 19.8. The van der Waals surface area contributed by atoms with E-state index < -0.39 is 59.4 Å². The largest absolute Gasteiger partial charge is 0.457 e. The summed E-state index contributed by atoms with van der Waals surface area (Å²) in [5, 5.41) is 2.69. The third-order valence-corrected chi connectivity index (χ3v) is 6.57. The topological polar surface area (TPSA) is 102 Å². The number of hydrogen-bond acceptors (Lipinski definition) is 8. The van der Waals surface area contributed by atoms with E-state index in [2.05, 4.69) is 5.32 Å². The van der Waals surface area contributed by atoms with E-state index in [9.17, 15) is 9.59 Å². The van der Waals surface area contributed by atoms with Crippen LogP contribution in [0.2, 0.25) is 0 Å². The van der Waals surface area contributed by atoms with Crippen molar-refractivity contribution < 1.29 is 38.0 Å². The standard InChI is InChI=1S/C24H30Cl3NO8/c1-14(29)33-20-18(28-23(30)32-13-24(25,26)27)22(34-16-10-6-3-7-11-16)35-17-12-31-21(36-19(17)20)15-8-4-2-5-9-15/h2,4-5,8-9,16-22H,3,6-7,10-13H2,1H3,(H,28,30)/t17-,18-,19+,20-,21?,22-/m1/s1. The fraction of sp³-hybridized carbons (Fsp3) is 0.667. The van der Waals surface area contributed by atoms with Gasteiger partial charge in [-0.25, -0.2) is 4.79 Å². The highest BCUT2D eigenvalue weighted by molar-refractivity contribution is 6.67. The SMILES string of the molecule is CC(=O)O[C@@H]1[C@@H](NC(=O)OCC(Cl)(Cl)Cl)[C@H](OC2CCCCC2)O[C@@H]2COC(c3ccccc3)O[C@H]12. The molecule has 1 unspecified atom stereocenters. The molecular formula is C24H30Cl3NO8. The van der Waals surface area contributed by atoms with Gasteiger partial charge in [0.2, 0.25) is 3.79 Å². The Bertz CT molecular complexity index is 880. The van der Waals surface area contributed by atoms with E-state index in [1.54, 1.807) is 0 Å². The lowest BCUT2D eigenvalue weighted by Crippen LogP contribution is -2.68. The molecular weight excluding hydrogens is 537 g/mol. The molecule has 1 saturated carbocycles. The minimum atomic E-state index is -1.79. The number of carbonyl (C=O) groups excluding carboxylic acids is 2. The van der Waals surface area contributed by atoms with Crippen LogP contribution in [0.3, 0.4) is 0 Å². The molecule has 200 valence electrons. The maximum Gasteiger partial charge on any atom is 0.407 e. The van der Waals surface area contributed by atoms with Gasteiger partial charge < -0.3 is 33.7 Å². The number of alkyl halides is 3. The van der Waals surface area contributed by atoms with Crippen molar-refractivity contribution in [2.24, 2.45) is 0 Å². The van der Waals surface area contributed by atoms with Gasteiger partial charge in [0.25, 0.3) is 0 Å². The second kappa shape index (κ2) is 12.5. The molecule has 1 N–H and O–H groups in total. The van der Waals surface area contributed by atoms with Crippen molar-refractivity contribution in [3.8, 4) is 0 Å². The van der Waals surface area contributed by atoms with Crippen LogP contribution in [0.1, 0.15) is 50.9 Å². The van der Waals surface area contributed by atoms with Gasteiger partial charge in [0.05, 0.1) is 12.7 Å². The summed E-state index contributed by atoms with van der Waals surface area (Å²) in [7, 11) is 0. The lowest BCUT2D eigenvalue weighted by atomic mass is 9.94. The van der Waals surface area contributed by atoms with Gasteiger partial charge in [-0.1, -0.05) is 84.4 Å². The number of esters is 1. The molecule has 0 aromatic heterocycles. The fourth-order valence-electron chi connectivity index (χ4n) is 4.67. The fourth-order valence-corrected chi connectivity index (χ4v) is 4.83. The summed E-state index contributed by atoms with van der Waals surface area (Å²) in [5.74, 6) is -0.551. The van der Waals surface area contributed by atoms with E-state index in [1.807, 2.05) is 30.3 Å². The molecule has 2 aliphatic heterocycles. The smallest absolute Gasteiger partial charge is 0.407 e. The van der Waals surface area contributed by atoms with Crippen molar-refractivity contribution in [2.75, 3.05) is 13.2 Å². The molecule has 4 rings (SSSR count). The van der Waals surface area contributed by atoms with Gasteiger partial charge in [0.1, 0.15) is 24.9 Å². The normalized spacial score (nSPS) is 31.2. The van der Waals surface area contributed by atoms with Crippen LogP contribution in [-0.4, -0.2) is 65.8 Å². The highest BCUT2D eigenvalue weighted by atomic mass is 35.6. The first kappa shape index (κ1) is 27.7. The van der Waals surface area contributed by atoms with Crippen LogP contribution in [0.4, 0.5) is 4.79 Å². The predicted molar refractivity (Wildman–Crippen MR) is 131 cm³/mol. The summed E-state index contributed by atoms with van der Waals surface area (Å²) in [6.07, 6.45) is 0.0224. The number of amides is 1. The Morgan fingerprint density at radius 3 is 2.47 bits per heavy atom. The molecule has 1 aromatic carbocycles. The van der Waals surface area contributed by atoms with Gasteiger partial charge in [-0.2, -0.15) is 0 Å². The van der Waals surface area contributed by atoms with Crippen molar-refractivity contribution >= 4 is 46.9 Å². The highest BCUT2D eigenvalue weighted by Crippen LogP contribution is 2.37. The van der Waals surface area contributed by atoms with E-state index in [0.29, 0.717) is 0 Å². The number of hydrogen-bond donors (Lipinski definition) is 1. The molecule has 3 fully saturated rings.